The van der Waals surface area contributed by atoms with Crippen LogP contribution in [0.1, 0.15) is 42.7 Å². The van der Waals surface area contributed by atoms with Crippen LogP contribution in [-0.4, -0.2) is 71.4 Å². The number of amides is 2. The monoisotopic (exact) mass is 581 g/mol. The van der Waals surface area contributed by atoms with Crippen LogP contribution in [0.25, 0.3) is 0 Å². The summed E-state index contributed by atoms with van der Waals surface area (Å²) >= 11 is 1.08. The summed E-state index contributed by atoms with van der Waals surface area (Å²) < 4.78 is 8.41. The van der Waals surface area contributed by atoms with Gasteiger partial charge in [0, 0.05) is 62.3 Å². The number of benzene rings is 2. The Labute approximate surface area is 245 Å². The molecule has 3 atom stereocenters. The molecule has 10 nitrogen and oxygen atoms in total. The van der Waals surface area contributed by atoms with Crippen LogP contribution < -0.4 is 10.0 Å². The molecule has 3 unspecified atom stereocenters. The van der Waals surface area contributed by atoms with Crippen molar-refractivity contribution in [1.82, 2.24) is 19.8 Å². The fourth-order valence-electron chi connectivity index (χ4n) is 6.04. The Hall–Kier alpha value is -3.41. The molecule has 2 aromatic rings. The Morgan fingerprint density at radius 2 is 1.85 bits per heavy atom. The number of hydrogen-bond acceptors (Lipinski definition) is 8. The molecule has 2 aliphatic rings. The topological polar surface area (TPSA) is 117 Å². The lowest BCUT2D eigenvalue weighted by atomic mass is 9.88. The number of nitro groups is 1. The summed E-state index contributed by atoms with van der Waals surface area (Å²) in [7, 11) is 1.74. The quantitative estimate of drug-likeness (QED) is 0.158. The normalized spacial score (nSPS) is 21.2. The van der Waals surface area contributed by atoms with E-state index in [1.807, 2.05) is 6.07 Å². The molecule has 220 valence electrons. The molecule has 11 heteroatoms. The fraction of sp³-hybridized carbons (Fsp3) is 0.467. The van der Waals surface area contributed by atoms with E-state index in [4.69, 9.17) is 4.74 Å². The minimum Gasteiger partial charge on any atom is -0.445 e. The minimum absolute atomic E-state index is 0.000816. The van der Waals surface area contributed by atoms with Gasteiger partial charge in [-0.1, -0.05) is 36.4 Å². The lowest BCUT2D eigenvalue weighted by Crippen LogP contribution is -2.48. The van der Waals surface area contributed by atoms with Crippen LogP contribution in [0, 0.1) is 16.0 Å². The third-order valence-corrected chi connectivity index (χ3v) is 8.51. The largest absolute Gasteiger partial charge is 0.445 e. The molecule has 4 rings (SSSR count). The number of likely N-dealkylation sites (tertiary alicyclic amines) is 1. The zero-order valence-electron chi connectivity index (χ0n) is 23.4. The molecule has 1 saturated heterocycles. The van der Waals surface area contributed by atoms with Crippen molar-refractivity contribution in [2.75, 3.05) is 33.2 Å². The van der Waals surface area contributed by atoms with Crippen LogP contribution >= 0.6 is 11.9 Å². The van der Waals surface area contributed by atoms with Crippen molar-refractivity contribution in [1.29, 1.82) is 0 Å². The van der Waals surface area contributed by atoms with E-state index in [1.54, 1.807) is 30.2 Å². The lowest BCUT2D eigenvalue weighted by molar-refractivity contribution is -0.384. The van der Waals surface area contributed by atoms with E-state index in [0.29, 0.717) is 23.9 Å². The van der Waals surface area contributed by atoms with Gasteiger partial charge in [-0.2, -0.15) is 0 Å². The van der Waals surface area contributed by atoms with Gasteiger partial charge >= 0.3 is 6.09 Å². The first-order valence-electron chi connectivity index (χ1n) is 14.1. The predicted octanol–water partition coefficient (Wildman–Crippen LogP) is 5.32. The number of nitro benzene ring substituents is 1. The summed E-state index contributed by atoms with van der Waals surface area (Å²) in [6.45, 7) is 6.97. The minimum atomic E-state index is -0.455. The fourth-order valence-corrected chi connectivity index (χ4v) is 6.45. The zero-order valence-corrected chi connectivity index (χ0v) is 24.3. The van der Waals surface area contributed by atoms with Gasteiger partial charge in [0.05, 0.1) is 4.92 Å². The maximum Gasteiger partial charge on any atom is 0.410 e. The van der Waals surface area contributed by atoms with Gasteiger partial charge in [0.1, 0.15) is 6.61 Å². The Morgan fingerprint density at radius 1 is 1.15 bits per heavy atom. The van der Waals surface area contributed by atoms with Gasteiger partial charge < -0.3 is 19.9 Å². The molecule has 2 N–H and O–H groups in total. The summed E-state index contributed by atoms with van der Waals surface area (Å²) in [6, 6.07) is 16.8. The molecule has 1 aliphatic carbocycles. The molecule has 2 fully saturated rings. The summed E-state index contributed by atoms with van der Waals surface area (Å²) in [6.07, 6.45) is 4.84. The van der Waals surface area contributed by atoms with Gasteiger partial charge in [-0.25, -0.2) is 4.79 Å². The van der Waals surface area contributed by atoms with E-state index < -0.39 is 11.0 Å². The van der Waals surface area contributed by atoms with Crippen molar-refractivity contribution in [3.8, 4) is 0 Å². The van der Waals surface area contributed by atoms with E-state index in [0.717, 1.165) is 57.3 Å². The van der Waals surface area contributed by atoms with Gasteiger partial charge in [0.2, 0.25) is 0 Å². The highest BCUT2D eigenvalue weighted by molar-refractivity contribution is 8.11. The standard InChI is InChI=1S/C30H39N5O5S/c1-3-15-34(30(37)40-21-22-9-11-27(12-10-22)35(38)39)26-13-16-33(17-14-26)20-24-18-25(32-29(36)41-31-2)19-28(24)23-7-5-4-6-8-23/h3-12,24-26,28,31H,1,13-21H2,2H3,(H,32,36). The average Bonchev–Trinajstić information content (AvgIpc) is 3.37. The molecule has 0 aromatic heterocycles. The van der Waals surface area contributed by atoms with Crippen molar-refractivity contribution in [2.24, 2.45) is 5.92 Å². The Morgan fingerprint density at radius 3 is 2.49 bits per heavy atom. The summed E-state index contributed by atoms with van der Waals surface area (Å²) in [5.74, 6) is 0.806. The van der Waals surface area contributed by atoms with Crippen LogP contribution in [0.15, 0.2) is 67.3 Å². The Kier molecular flexibility index (Phi) is 11.2. The number of hydrogen-bond donors (Lipinski definition) is 2. The van der Waals surface area contributed by atoms with Crippen LogP contribution in [-0.2, 0) is 11.3 Å². The highest BCUT2D eigenvalue weighted by atomic mass is 32.2. The van der Waals surface area contributed by atoms with Crippen LogP contribution in [0.2, 0.25) is 0 Å². The SMILES string of the molecule is C=CCN(C(=O)OCc1ccc([N+](=O)[O-])cc1)C1CCN(CC2CC(NC(=O)SNC)CC2c2ccccc2)CC1. The molecule has 2 amide bonds. The summed E-state index contributed by atoms with van der Waals surface area (Å²) in [5.41, 5.74) is 2.01. The number of carbonyl (C=O) groups is 2. The van der Waals surface area contributed by atoms with E-state index in [1.165, 1.54) is 17.7 Å². The molecule has 1 saturated carbocycles. The molecule has 1 aliphatic heterocycles. The second-order valence-electron chi connectivity index (χ2n) is 10.6. The number of non-ortho nitro benzene ring substituents is 1. The third-order valence-electron chi connectivity index (χ3n) is 8.00. The number of nitrogens with zero attached hydrogens (tertiary/aromatic N) is 3. The van der Waals surface area contributed by atoms with Crippen molar-refractivity contribution >= 4 is 29.0 Å². The molecule has 0 bridgehead atoms. The molecule has 2 aromatic carbocycles. The summed E-state index contributed by atoms with van der Waals surface area (Å²) in [4.78, 5) is 39.9. The van der Waals surface area contributed by atoms with E-state index in [2.05, 4.69) is 45.8 Å². The first-order chi connectivity index (χ1) is 19.9. The molecule has 1 heterocycles. The summed E-state index contributed by atoms with van der Waals surface area (Å²) in [5, 5.41) is 14.0. The van der Waals surface area contributed by atoms with E-state index in [-0.39, 0.29) is 29.6 Å². The van der Waals surface area contributed by atoms with Crippen LogP contribution in [0.4, 0.5) is 15.3 Å². The van der Waals surface area contributed by atoms with Crippen LogP contribution in [0.5, 0.6) is 0 Å². The molecular formula is C30H39N5O5S. The van der Waals surface area contributed by atoms with Crippen molar-refractivity contribution in [2.45, 2.75) is 50.3 Å². The van der Waals surface area contributed by atoms with E-state index in [9.17, 15) is 19.7 Å². The number of rotatable bonds is 11. The number of nitrogens with one attached hydrogen (secondary N) is 2. The second-order valence-corrected chi connectivity index (χ2v) is 11.6. The van der Waals surface area contributed by atoms with Crippen molar-refractivity contribution in [3.63, 3.8) is 0 Å². The van der Waals surface area contributed by atoms with Crippen molar-refractivity contribution < 1.29 is 19.2 Å². The number of ether oxygens (including phenoxy) is 1. The van der Waals surface area contributed by atoms with Gasteiger partial charge in [-0.3, -0.25) is 19.6 Å². The first kappa shape index (κ1) is 30.5. The maximum atomic E-state index is 13.0. The molecule has 0 spiro atoms. The predicted molar refractivity (Wildman–Crippen MR) is 161 cm³/mol. The third kappa shape index (κ3) is 8.54. The molecule has 0 radical (unpaired) electrons. The van der Waals surface area contributed by atoms with E-state index >= 15 is 0 Å². The highest BCUT2D eigenvalue weighted by Crippen LogP contribution is 2.41. The second kappa shape index (κ2) is 15.0. The number of piperidine rings is 1. The Balaban J connectivity index is 1.31. The van der Waals surface area contributed by atoms with Gasteiger partial charge in [-0.05, 0) is 67.8 Å². The van der Waals surface area contributed by atoms with Crippen LogP contribution in [0.3, 0.4) is 0 Å². The number of carbonyl (C=O) groups excluding carboxylic acids is 2. The zero-order chi connectivity index (χ0) is 29.2. The maximum absolute atomic E-state index is 13.0. The average molecular weight is 582 g/mol. The smallest absolute Gasteiger partial charge is 0.410 e. The lowest BCUT2D eigenvalue weighted by Gasteiger charge is -2.39. The Bertz CT molecular complexity index is 1170. The highest BCUT2D eigenvalue weighted by Gasteiger charge is 2.38. The van der Waals surface area contributed by atoms with Gasteiger partial charge in [0.25, 0.3) is 10.9 Å². The first-order valence-corrected chi connectivity index (χ1v) is 14.9. The van der Waals surface area contributed by atoms with Crippen molar-refractivity contribution in [3.05, 3.63) is 88.5 Å². The molecular weight excluding hydrogens is 542 g/mol. The van der Waals surface area contributed by atoms with Gasteiger partial charge in [0.15, 0.2) is 0 Å². The van der Waals surface area contributed by atoms with Gasteiger partial charge in [-0.15, -0.1) is 6.58 Å². The molecule has 41 heavy (non-hydrogen) atoms.